The van der Waals surface area contributed by atoms with Gasteiger partial charge in [-0.05, 0) is 37.2 Å². The molecule has 6 nitrogen and oxygen atoms in total. The number of H-pyrrole nitrogens is 1. The number of amides is 1. The van der Waals surface area contributed by atoms with Gasteiger partial charge in [0.1, 0.15) is 11.6 Å². The molecule has 2 aromatic carbocycles. The number of nitrogens with one attached hydrogen (secondary N) is 3. The Kier molecular flexibility index (Phi) is 4.72. The first-order valence-electron chi connectivity index (χ1n) is 8.81. The minimum Gasteiger partial charge on any atom is -0.368 e. The first kappa shape index (κ1) is 17.4. The molecule has 0 atom stereocenters. The predicted octanol–water partition coefficient (Wildman–Crippen LogP) is 2.89. The molecule has 1 aromatic heterocycles. The molecule has 1 amide bonds. The maximum absolute atomic E-state index is 14.3. The van der Waals surface area contributed by atoms with E-state index in [9.17, 15) is 13.6 Å². The zero-order valence-corrected chi connectivity index (χ0v) is 14.6. The van der Waals surface area contributed by atoms with Crippen LogP contribution in [0.5, 0.6) is 0 Å². The molecule has 1 saturated heterocycles. The third-order valence-electron chi connectivity index (χ3n) is 4.66. The number of fused-ring (bicyclic) bond motifs is 1. The Labute approximate surface area is 154 Å². The number of aromatic amines is 1. The molecule has 140 valence electrons. The van der Waals surface area contributed by atoms with E-state index in [1.807, 2.05) is 4.90 Å². The van der Waals surface area contributed by atoms with Crippen molar-refractivity contribution < 1.29 is 13.6 Å². The molecule has 4 rings (SSSR count). The van der Waals surface area contributed by atoms with Gasteiger partial charge >= 0.3 is 0 Å². The molecule has 0 saturated carbocycles. The highest BCUT2D eigenvalue weighted by atomic mass is 19.1. The van der Waals surface area contributed by atoms with Crippen molar-refractivity contribution >= 4 is 28.2 Å². The van der Waals surface area contributed by atoms with Crippen LogP contribution >= 0.6 is 0 Å². The summed E-state index contributed by atoms with van der Waals surface area (Å²) in [5, 5.41) is 13.5. The van der Waals surface area contributed by atoms with Crippen LogP contribution in [0.15, 0.2) is 36.5 Å². The molecule has 2 heterocycles. The van der Waals surface area contributed by atoms with Crippen molar-refractivity contribution in [3.05, 3.63) is 53.7 Å². The van der Waals surface area contributed by atoms with E-state index >= 15 is 0 Å². The molecule has 0 aliphatic carbocycles. The molecule has 8 heteroatoms. The number of hydrogen-bond donors (Lipinski definition) is 3. The van der Waals surface area contributed by atoms with Crippen LogP contribution in [-0.2, 0) is 0 Å². The lowest BCUT2D eigenvalue weighted by atomic mass is 10.1. The van der Waals surface area contributed by atoms with Crippen molar-refractivity contribution in [1.29, 1.82) is 0 Å². The number of benzene rings is 2. The van der Waals surface area contributed by atoms with Gasteiger partial charge in [-0.25, -0.2) is 8.78 Å². The molecule has 0 spiro atoms. The van der Waals surface area contributed by atoms with E-state index in [2.05, 4.69) is 20.8 Å². The van der Waals surface area contributed by atoms with Gasteiger partial charge in [0.05, 0.1) is 23.0 Å². The number of aromatic nitrogens is 2. The summed E-state index contributed by atoms with van der Waals surface area (Å²) in [6.45, 7) is 2.81. The maximum atomic E-state index is 14.3. The van der Waals surface area contributed by atoms with E-state index in [1.165, 1.54) is 6.07 Å². The fourth-order valence-corrected chi connectivity index (χ4v) is 3.26. The lowest BCUT2D eigenvalue weighted by Gasteiger charge is -2.23. The zero-order chi connectivity index (χ0) is 18.8. The van der Waals surface area contributed by atoms with Gasteiger partial charge in [0, 0.05) is 36.8 Å². The van der Waals surface area contributed by atoms with Crippen molar-refractivity contribution in [3.8, 4) is 0 Å². The second kappa shape index (κ2) is 7.32. The standard InChI is InChI=1S/C19H19F2N5O/c20-15-10-16(21)18(26-6-1-4-22-5-7-26)9-14(15)19(27)24-13-2-3-17-12(8-13)11-23-25-17/h2-3,8-11,22H,1,4-7H2,(H,23,25)(H,24,27). The van der Waals surface area contributed by atoms with Crippen LogP contribution in [-0.4, -0.2) is 42.3 Å². The molecule has 1 fully saturated rings. The number of rotatable bonds is 3. The maximum Gasteiger partial charge on any atom is 0.258 e. The van der Waals surface area contributed by atoms with E-state index in [1.54, 1.807) is 24.4 Å². The molecule has 27 heavy (non-hydrogen) atoms. The summed E-state index contributed by atoms with van der Waals surface area (Å²) in [6, 6.07) is 7.28. The Balaban J connectivity index is 1.61. The minimum atomic E-state index is -0.883. The summed E-state index contributed by atoms with van der Waals surface area (Å²) in [7, 11) is 0. The lowest BCUT2D eigenvalue weighted by Crippen LogP contribution is -2.29. The van der Waals surface area contributed by atoms with Gasteiger partial charge in [-0.1, -0.05) is 0 Å². The second-order valence-electron chi connectivity index (χ2n) is 6.50. The molecular formula is C19H19F2N5O. The monoisotopic (exact) mass is 371 g/mol. The van der Waals surface area contributed by atoms with Crippen molar-refractivity contribution in [1.82, 2.24) is 15.5 Å². The van der Waals surface area contributed by atoms with Gasteiger partial charge in [0.2, 0.25) is 0 Å². The van der Waals surface area contributed by atoms with E-state index in [-0.39, 0.29) is 11.3 Å². The summed E-state index contributed by atoms with van der Waals surface area (Å²) in [5.41, 5.74) is 1.41. The summed E-state index contributed by atoms with van der Waals surface area (Å²) in [5.74, 6) is -2.17. The molecule has 0 radical (unpaired) electrons. The molecule has 0 unspecified atom stereocenters. The first-order valence-corrected chi connectivity index (χ1v) is 8.81. The number of anilines is 2. The Morgan fingerprint density at radius 3 is 2.89 bits per heavy atom. The second-order valence-corrected chi connectivity index (χ2v) is 6.50. The molecule has 1 aliphatic heterocycles. The lowest BCUT2D eigenvalue weighted by molar-refractivity contribution is 0.102. The van der Waals surface area contributed by atoms with Crippen LogP contribution in [0.3, 0.4) is 0 Å². The highest BCUT2D eigenvalue weighted by molar-refractivity contribution is 6.05. The van der Waals surface area contributed by atoms with Crippen LogP contribution in [0.4, 0.5) is 20.2 Å². The Bertz CT molecular complexity index is 979. The van der Waals surface area contributed by atoms with E-state index in [0.29, 0.717) is 25.3 Å². The SMILES string of the molecule is O=C(Nc1ccc2[nH]ncc2c1)c1cc(N2CCCNCC2)c(F)cc1F. The molecule has 1 aliphatic rings. The van der Waals surface area contributed by atoms with Gasteiger partial charge in [0.15, 0.2) is 0 Å². The largest absolute Gasteiger partial charge is 0.368 e. The van der Waals surface area contributed by atoms with Gasteiger partial charge in [-0.3, -0.25) is 9.89 Å². The number of carbonyl (C=O) groups is 1. The molecule has 3 aromatic rings. The van der Waals surface area contributed by atoms with Crippen molar-refractivity contribution in [3.63, 3.8) is 0 Å². The van der Waals surface area contributed by atoms with E-state index in [4.69, 9.17) is 0 Å². The molecular weight excluding hydrogens is 352 g/mol. The fraction of sp³-hybridized carbons (Fsp3) is 0.263. The number of halogens is 2. The van der Waals surface area contributed by atoms with Crippen molar-refractivity contribution in [2.24, 2.45) is 0 Å². The summed E-state index contributed by atoms with van der Waals surface area (Å²) in [6.07, 6.45) is 2.48. The number of nitrogens with zero attached hydrogens (tertiary/aromatic N) is 2. The van der Waals surface area contributed by atoms with Gasteiger partial charge in [-0.15, -0.1) is 0 Å². The van der Waals surface area contributed by atoms with Gasteiger partial charge in [0.25, 0.3) is 5.91 Å². The average Bonchev–Trinajstić information content (AvgIpc) is 2.94. The smallest absolute Gasteiger partial charge is 0.258 e. The number of carbonyl (C=O) groups excluding carboxylic acids is 1. The topological polar surface area (TPSA) is 73.0 Å². The summed E-state index contributed by atoms with van der Waals surface area (Å²) >= 11 is 0. The van der Waals surface area contributed by atoms with Crippen molar-refractivity contribution in [2.75, 3.05) is 36.4 Å². The Morgan fingerprint density at radius 2 is 2.00 bits per heavy atom. The highest BCUT2D eigenvalue weighted by Gasteiger charge is 2.20. The fourth-order valence-electron chi connectivity index (χ4n) is 3.26. The summed E-state index contributed by atoms with van der Waals surface area (Å²) < 4.78 is 28.6. The van der Waals surface area contributed by atoms with Crippen LogP contribution in [0.25, 0.3) is 10.9 Å². The predicted molar refractivity (Wildman–Crippen MR) is 100 cm³/mol. The Morgan fingerprint density at radius 1 is 1.11 bits per heavy atom. The Hall–Kier alpha value is -3.00. The van der Waals surface area contributed by atoms with Crippen molar-refractivity contribution in [2.45, 2.75) is 6.42 Å². The van der Waals surface area contributed by atoms with Gasteiger partial charge < -0.3 is 15.5 Å². The van der Waals surface area contributed by atoms with Crippen LogP contribution < -0.4 is 15.5 Å². The van der Waals surface area contributed by atoms with Crippen LogP contribution in [0.2, 0.25) is 0 Å². The third kappa shape index (κ3) is 3.61. The van der Waals surface area contributed by atoms with Crippen LogP contribution in [0, 0.1) is 11.6 Å². The third-order valence-corrected chi connectivity index (χ3v) is 4.66. The van der Waals surface area contributed by atoms with Gasteiger partial charge in [-0.2, -0.15) is 5.10 Å². The van der Waals surface area contributed by atoms with Crippen LogP contribution in [0.1, 0.15) is 16.8 Å². The average molecular weight is 371 g/mol. The quantitative estimate of drug-likeness (QED) is 0.662. The number of hydrogen-bond acceptors (Lipinski definition) is 4. The normalized spacial score (nSPS) is 15.0. The first-order chi connectivity index (χ1) is 13.1. The minimum absolute atomic E-state index is 0.184. The summed E-state index contributed by atoms with van der Waals surface area (Å²) in [4.78, 5) is 14.4. The molecule has 3 N–H and O–H groups in total. The van der Waals surface area contributed by atoms with E-state index < -0.39 is 17.5 Å². The molecule has 0 bridgehead atoms. The highest BCUT2D eigenvalue weighted by Crippen LogP contribution is 2.25. The van der Waals surface area contributed by atoms with E-state index in [0.717, 1.165) is 29.9 Å². The zero-order valence-electron chi connectivity index (χ0n) is 14.6.